The van der Waals surface area contributed by atoms with Crippen LogP contribution in [0.5, 0.6) is 0 Å². The van der Waals surface area contributed by atoms with Crippen molar-refractivity contribution in [3.8, 4) is 0 Å². The fourth-order valence-electron chi connectivity index (χ4n) is 3.74. The molecule has 0 N–H and O–H groups in total. The molecule has 5 nitrogen and oxygen atoms in total. The average Bonchev–Trinajstić information content (AvgIpc) is 2.73. The molecule has 0 unspecified atom stereocenters. The number of nitrogens with zero attached hydrogens (tertiary/aromatic N) is 2. The molecule has 0 saturated heterocycles. The Hall–Kier alpha value is -1.65. The first-order valence-corrected chi connectivity index (χ1v) is 8.76. The summed E-state index contributed by atoms with van der Waals surface area (Å²) in [7, 11) is 0. The zero-order valence-electron chi connectivity index (χ0n) is 16.0. The Balaban J connectivity index is 2.53. The van der Waals surface area contributed by atoms with Crippen molar-refractivity contribution in [2.24, 2.45) is 10.8 Å². The van der Waals surface area contributed by atoms with Crippen LogP contribution in [0.4, 0.5) is 0 Å². The van der Waals surface area contributed by atoms with Gasteiger partial charge >= 0.3 is 0 Å². The average molecular weight is 336 g/mol. The van der Waals surface area contributed by atoms with Crippen molar-refractivity contribution < 1.29 is 14.4 Å². The molecule has 136 valence electrons. The maximum Gasteiger partial charge on any atom is 0.253 e. The van der Waals surface area contributed by atoms with E-state index in [1.807, 2.05) is 11.8 Å². The molecular formula is C19H32N2O3. The van der Waals surface area contributed by atoms with Crippen LogP contribution in [0.15, 0.2) is 12.2 Å². The van der Waals surface area contributed by atoms with Gasteiger partial charge in [-0.1, -0.05) is 27.7 Å². The van der Waals surface area contributed by atoms with E-state index < -0.39 is 0 Å². The minimum absolute atomic E-state index is 0.0823. The Labute approximate surface area is 146 Å². The first-order chi connectivity index (χ1) is 11.0. The van der Waals surface area contributed by atoms with Crippen LogP contribution in [0, 0.1) is 10.8 Å². The second-order valence-electron chi connectivity index (χ2n) is 8.30. The van der Waals surface area contributed by atoms with E-state index in [0.717, 1.165) is 32.4 Å². The molecule has 1 heterocycles. The summed E-state index contributed by atoms with van der Waals surface area (Å²) < 4.78 is 0. The Kier molecular flexibility index (Phi) is 6.76. The second kappa shape index (κ2) is 7.95. The van der Waals surface area contributed by atoms with Gasteiger partial charge < -0.3 is 4.90 Å². The highest BCUT2D eigenvalue weighted by Crippen LogP contribution is 2.38. The zero-order valence-corrected chi connectivity index (χ0v) is 16.0. The zero-order chi connectivity index (χ0) is 18.5. The van der Waals surface area contributed by atoms with Gasteiger partial charge in [0.15, 0.2) is 0 Å². The number of hydrogen-bond acceptors (Lipinski definition) is 3. The molecule has 24 heavy (non-hydrogen) atoms. The van der Waals surface area contributed by atoms with Crippen LogP contribution in [0.25, 0.3) is 0 Å². The van der Waals surface area contributed by atoms with Crippen LogP contribution < -0.4 is 0 Å². The van der Waals surface area contributed by atoms with Crippen LogP contribution in [0.1, 0.15) is 60.8 Å². The van der Waals surface area contributed by atoms with Gasteiger partial charge in [0.05, 0.1) is 0 Å². The van der Waals surface area contributed by atoms with Gasteiger partial charge in [0.25, 0.3) is 11.8 Å². The number of imide groups is 1. The van der Waals surface area contributed by atoms with Crippen molar-refractivity contribution in [1.82, 2.24) is 9.80 Å². The molecule has 3 amide bonds. The summed E-state index contributed by atoms with van der Waals surface area (Å²) in [6.45, 7) is 14.2. The number of rotatable bonds is 9. The predicted molar refractivity (Wildman–Crippen MR) is 95.2 cm³/mol. The molecule has 0 saturated carbocycles. The van der Waals surface area contributed by atoms with Crippen molar-refractivity contribution >= 4 is 17.7 Å². The minimum Gasteiger partial charge on any atom is -0.343 e. The summed E-state index contributed by atoms with van der Waals surface area (Å²) in [6, 6.07) is 0. The SMILES string of the molecule is CCN(CCCC(C)(C)CC(C)(C)CN1C(=O)C=CC1=O)C(C)=O. The predicted octanol–water partition coefficient (Wildman–Crippen LogP) is 3.00. The summed E-state index contributed by atoms with van der Waals surface area (Å²) in [5, 5.41) is 0. The molecule has 0 fully saturated rings. The molecule has 0 radical (unpaired) electrons. The lowest BCUT2D eigenvalue weighted by atomic mass is 9.72. The molecule has 0 aromatic heterocycles. The highest BCUT2D eigenvalue weighted by atomic mass is 16.2. The van der Waals surface area contributed by atoms with Crippen molar-refractivity contribution in [1.29, 1.82) is 0 Å². The fraction of sp³-hybridized carbons (Fsp3) is 0.737. The van der Waals surface area contributed by atoms with Gasteiger partial charge in [0.2, 0.25) is 5.91 Å². The van der Waals surface area contributed by atoms with Crippen molar-refractivity contribution in [2.45, 2.75) is 60.8 Å². The third-order valence-electron chi connectivity index (χ3n) is 4.55. The number of amides is 3. The molecule has 0 bridgehead atoms. The van der Waals surface area contributed by atoms with Crippen LogP contribution in [-0.2, 0) is 14.4 Å². The summed E-state index contributed by atoms with van der Waals surface area (Å²) in [5.74, 6) is -0.314. The van der Waals surface area contributed by atoms with Crippen LogP contribution in [0.3, 0.4) is 0 Å². The Morgan fingerprint density at radius 1 is 1.08 bits per heavy atom. The Morgan fingerprint density at radius 3 is 2.08 bits per heavy atom. The van der Waals surface area contributed by atoms with Crippen LogP contribution in [0.2, 0.25) is 0 Å². The van der Waals surface area contributed by atoms with E-state index in [1.54, 1.807) is 6.92 Å². The monoisotopic (exact) mass is 336 g/mol. The number of carbonyl (C=O) groups excluding carboxylic acids is 3. The normalized spacial score (nSPS) is 15.3. The Morgan fingerprint density at radius 2 is 1.62 bits per heavy atom. The maximum absolute atomic E-state index is 11.8. The van der Waals surface area contributed by atoms with E-state index >= 15 is 0 Å². The van der Waals surface area contributed by atoms with Crippen molar-refractivity contribution in [2.75, 3.05) is 19.6 Å². The van der Waals surface area contributed by atoms with Gasteiger partial charge in [0.1, 0.15) is 0 Å². The summed E-state index contributed by atoms with van der Waals surface area (Å²) >= 11 is 0. The molecule has 0 aromatic rings. The van der Waals surface area contributed by atoms with Gasteiger partial charge in [-0.25, -0.2) is 0 Å². The van der Waals surface area contributed by atoms with E-state index in [1.165, 1.54) is 17.1 Å². The first-order valence-electron chi connectivity index (χ1n) is 8.76. The van der Waals surface area contributed by atoms with Gasteiger partial charge in [-0.05, 0) is 37.0 Å². The standard InChI is InChI=1S/C19H32N2O3/c1-7-20(15(2)22)12-8-11-18(3,4)13-19(5,6)14-21-16(23)9-10-17(21)24/h9-10H,7-8,11-14H2,1-6H3. The lowest BCUT2D eigenvalue weighted by Crippen LogP contribution is -2.40. The van der Waals surface area contributed by atoms with Gasteiger partial charge in [-0.2, -0.15) is 0 Å². The molecule has 5 heteroatoms. The smallest absolute Gasteiger partial charge is 0.253 e. The maximum atomic E-state index is 11.8. The van der Waals surface area contributed by atoms with Gasteiger partial charge in [-0.3, -0.25) is 19.3 Å². The second-order valence-corrected chi connectivity index (χ2v) is 8.30. The van der Waals surface area contributed by atoms with E-state index in [9.17, 15) is 14.4 Å². The third-order valence-corrected chi connectivity index (χ3v) is 4.55. The molecular weight excluding hydrogens is 304 g/mol. The number of hydrogen-bond donors (Lipinski definition) is 0. The molecule has 1 aliphatic heterocycles. The molecule has 0 aromatic carbocycles. The van der Waals surface area contributed by atoms with Gasteiger partial charge in [-0.15, -0.1) is 0 Å². The molecule has 1 rings (SSSR count). The quantitative estimate of drug-likeness (QED) is 0.608. The topological polar surface area (TPSA) is 57.7 Å². The fourth-order valence-corrected chi connectivity index (χ4v) is 3.74. The first kappa shape index (κ1) is 20.4. The summed E-state index contributed by atoms with van der Waals surface area (Å²) in [5.41, 5.74) is -0.0647. The third kappa shape index (κ3) is 6.10. The summed E-state index contributed by atoms with van der Waals surface area (Å²) in [4.78, 5) is 38.1. The van der Waals surface area contributed by atoms with E-state index in [4.69, 9.17) is 0 Å². The largest absolute Gasteiger partial charge is 0.343 e. The molecule has 0 atom stereocenters. The van der Waals surface area contributed by atoms with E-state index in [2.05, 4.69) is 27.7 Å². The lowest BCUT2D eigenvalue weighted by Gasteiger charge is -2.37. The highest BCUT2D eigenvalue weighted by Gasteiger charge is 2.34. The highest BCUT2D eigenvalue weighted by molar-refractivity contribution is 6.12. The van der Waals surface area contributed by atoms with E-state index in [0.29, 0.717) is 6.54 Å². The van der Waals surface area contributed by atoms with Crippen molar-refractivity contribution in [3.05, 3.63) is 12.2 Å². The molecule has 0 aliphatic carbocycles. The number of carbonyl (C=O) groups is 3. The lowest BCUT2D eigenvalue weighted by molar-refractivity contribution is -0.138. The van der Waals surface area contributed by atoms with E-state index in [-0.39, 0.29) is 28.6 Å². The van der Waals surface area contributed by atoms with Gasteiger partial charge in [0, 0.05) is 38.7 Å². The minimum atomic E-state index is -0.217. The van der Waals surface area contributed by atoms with Crippen LogP contribution >= 0.6 is 0 Å². The molecule has 0 spiro atoms. The van der Waals surface area contributed by atoms with Crippen LogP contribution in [-0.4, -0.2) is 47.2 Å². The van der Waals surface area contributed by atoms with Crippen molar-refractivity contribution in [3.63, 3.8) is 0 Å². The Bertz CT molecular complexity index is 503. The summed E-state index contributed by atoms with van der Waals surface area (Å²) in [6.07, 6.45) is 5.54. The molecule has 1 aliphatic rings.